The van der Waals surface area contributed by atoms with Crippen LogP contribution in [0, 0.1) is 0 Å². The van der Waals surface area contributed by atoms with Crippen molar-refractivity contribution < 1.29 is 14.2 Å². The van der Waals surface area contributed by atoms with Crippen LogP contribution in [0.1, 0.15) is 37.7 Å². The fraction of sp³-hybridized carbons (Fsp3) is 0.667. The van der Waals surface area contributed by atoms with Crippen molar-refractivity contribution in [1.29, 1.82) is 0 Å². The summed E-state index contributed by atoms with van der Waals surface area (Å²) in [5, 5.41) is 0. The Morgan fingerprint density at radius 2 is 1.78 bits per heavy atom. The molecule has 1 aromatic carbocycles. The van der Waals surface area contributed by atoms with Crippen LogP contribution < -0.4 is 9.47 Å². The summed E-state index contributed by atoms with van der Waals surface area (Å²) in [6, 6.07) is 4.78. The van der Waals surface area contributed by atoms with Gasteiger partial charge in [-0.1, -0.05) is 28.8 Å². The van der Waals surface area contributed by atoms with Crippen LogP contribution in [0.15, 0.2) is 16.6 Å². The van der Waals surface area contributed by atoms with Gasteiger partial charge in [0, 0.05) is 30.0 Å². The third-order valence-corrected chi connectivity index (χ3v) is 5.88. The lowest BCUT2D eigenvalue weighted by Crippen LogP contribution is -2.52. The van der Waals surface area contributed by atoms with Gasteiger partial charge in [0.15, 0.2) is 11.5 Å². The Bertz CT molecular complexity index is 563. The number of rotatable bonds is 2. The molecule has 0 amide bonds. The normalized spacial score (nSPS) is 28.0. The average Bonchev–Trinajstić information content (AvgIpc) is 2.80. The van der Waals surface area contributed by atoms with E-state index in [-0.39, 0.29) is 0 Å². The van der Waals surface area contributed by atoms with Crippen molar-refractivity contribution in [2.24, 2.45) is 0 Å². The minimum atomic E-state index is 0.427. The van der Waals surface area contributed by atoms with E-state index in [0.29, 0.717) is 12.1 Å². The van der Waals surface area contributed by atoms with Gasteiger partial charge in [-0.25, -0.2) is 0 Å². The van der Waals surface area contributed by atoms with Crippen molar-refractivity contribution >= 4 is 15.9 Å². The lowest BCUT2D eigenvalue weighted by atomic mass is 9.90. The van der Waals surface area contributed by atoms with Gasteiger partial charge in [-0.05, 0) is 30.5 Å². The van der Waals surface area contributed by atoms with E-state index in [0.717, 1.165) is 55.3 Å². The number of morpholine rings is 1. The highest BCUT2D eigenvalue weighted by Gasteiger charge is 2.34. The number of ether oxygens (including phenoxy) is 3. The minimum Gasteiger partial charge on any atom is -0.490 e. The molecule has 0 radical (unpaired) electrons. The highest BCUT2D eigenvalue weighted by atomic mass is 79.9. The maximum Gasteiger partial charge on any atom is 0.162 e. The molecule has 1 aliphatic carbocycles. The van der Waals surface area contributed by atoms with Crippen LogP contribution in [0.3, 0.4) is 0 Å². The van der Waals surface area contributed by atoms with Gasteiger partial charge < -0.3 is 14.2 Å². The zero-order valence-electron chi connectivity index (χ0n) is 13.4. The number of nitrogens with zero attached hydrogens (tertiary/aromatic N) is 1. The molecule has 2 atom stereocenters. The molecule has 2 heterocycles. The summed E-state index contributed by atoms with van der Waals surface area (Å²) < 4.78 is 18.7. The van der Waals surface area contributed by atoms with Crippen molar-refractivity contribution in [1.82, 2.24) is 4.90 Å². The lowest BCUT2D eigenvalue weighted by molar-refractivity contribution is -0.0911. The van der Waals surface area contributed by atoms with Crippen LogP contribution in [0.4, 0.5) is 0 Å². The largest absolute Gasteiger partial charge is 0.490 e. The van der Waals surface area contributed by atoms with Crippen LogP contribution in [0.25, 0.3) is 0 Å². The molecule has 4 rings (SSSR count). The molecule has 0 aromatic heterocycles. The van der Waals surface area contributed by atoms with E-state index in [1.807, 2.05) is 0 Å². The van der Waals surface area contributed by atoms with Crippen molar-refractivity contribution in [2.75, 3.05) is 26.4 Å². The summed E-state index contributed by atoms with van der Waals surface area (Å²) in [5.74, 6) is 1.74. The van der Waals surface area contributed by atoms with Crippen molar-refractivity contribution in [3.63, 3.8) is 0 Å². The van der Waals surface area contributed by atoms with E-state index in [4.69, 9.17) is 14.2 Å². The maximum absolute atomic E-state index is 5.99. The second-order valence-corrected chi connectivity index (χ2v) is 7.53. The SMILES string of the molecule is Brc1cc2c(cc1CN1CCO[C@@H]3CCCC[C@H]31)OCCCO2. The number of hydrogen-bond acceptors (Lipinski definition) is 4. The Balaban J connectivity index is 1.54. The quantitative estimate of drug-likeness (QED) is 0.780. The molecule has 1 saturated carbocycles. The molecule has 3 aliphatic rings. The standard InChI is InChI=1S/C18H24BrNO3/c19-14-11-18-17(21-7-3-8-22-18)10-13(14)12-20-6-9-23-16-5-2-1-4-15(16)20/h10-11,15-16H,1-9,12H2/t15-,16-/m1/s1. The number of fused-ring (bicyclic) bond motifs is 2. The van der Waals surface area contributed by atoms with E-state index < -0.39 is 0 Å². The summed E-state index contributed by atoms with van der Waals surface area (Å²) >= 11 is 3.72. The van der Waals surface area contributed by atoms with Gasteiger partial charge in [0.1, 0.15) is 0 Å². The highest BCUT2D eigenvalue weighted by Crippen LogP contribution is 2.37. The molecule has 0 bridgehead atoms. The summed E-state index contributed by atoms with van der Waals surface area (Å²) in [5.41, 5.74) is 1.28. The topological polar surface area (TPSA) is 30.9 Å². The molecular formula is C18H24BrNO3. The third-order valence-electron chi connectivity index (χ3n) is 5.14. The molecule has 0 N–H and O–H groups in total. The number of halogens is 1. The van der Waals surface area contributed by atoms with Crippen molar-refractivity contribution in [3.05, 3.63) is 22.2 Å². The molecule has 2 aliphatic heterocycles. The first-order valence-corrected chi connectivity index (χ1v) is 9.54. The van der Waals surface area contributed by atoms with Gasteiger partial charge in [-0.3, -0.25) is 4.90 Å². The van der Waals surface area contributed by atoms with E-state index in [1.165, 1.54) is 31.2 Å². The zero-order valence-corrected chi connectivity index (χ0v) is 15.0. The molecule has 23 heavy (non-hydrogen) atoms. The smallest absolute Gasteiger partial charge is 0.162 e. The second kappa shape index (κ2) is 6.99. The molecule has 5 heteroatoms. The predicted octanol–water partition coefficient (Wildman–Crippen LogP) is 3.75. The van der Waals surface area contributed by atoms with Gasteiger partial charge in [-0.2, -0.15) is 0 Å². The molecule has 2 fully saturated rings. The van der Waals surface area contributed by atoms with E-state index in [9.17, 15) is 0 Å². The first kappa shape index (κ1) is 15.7. The third kappa shape index (κ3) is 3.37. The fourth-order valence-corrected chi connectivity index (χ4v) is 4.39. The van der Waals surface area contributed by atoms with Crippen LogP contribution in [0.2, 0.25) is 0 Å². The van der Waals surface area contributed by atoms with Gasteiger partial charge >= 0.3 is 0 Å². The maximum atomic E-state index is 5.99. The molecule has 1 saturated heterocycles. The van der Waals surface area contributed by atoms with E-state index in [2.05, 4.69) is 33.0 Å². The van der Waals surface area contributed by atoms with Crippen LogP contribution >= 0.6 is 15.9 Å². The van der Waals surface area contributed by atoms with E-state index in [1.54, 1.807) is 0 Å². The van der Waals surface area contributed by atoms with Gasteiger partial charge in [0.25, 0.3) is 0 Å². The molecule has 126 valence electrons. The first-order chi connectivity index (χ1) is 11.3. The zero-order chi connectivity index (χ0) is 15.6. The Hall–Kier alpha value is -0.780. The van der Waals surface area contributed by atoms with Crippen molar-refractivity contribution in [3.8, 4) is 11.5 Å². The Labute approximate surface area is 146 Å². The summed E-state index contributed by atoms with van der Waals surface area (Å²) in [6.07, 6.45) is 6.47. The number of hydrogen-bond donors (Lipinski definition) is 0. The monoisotopic (exact) mass is 381 g/mol. The molecular weight excluding hydrogens is 358 g/mol. The minimum absolute atomic E-state index is 0.427. The predicted molar refractivity (Wildman–Crippen MR) is 92.2 cm³/mol. The molecule has 4 nitrogen and oxygen atoms in total. The fourth-order valence-electron chi connectivity index (χ4n) is 3.94. The Kier molecular flexibility index (Phi) is 4.78. The Morgan fingerprint density at radius 1 is 1.00 bits per heavy atom. The van der Waals surface area contributed by atoms with Gasteiger partial charge in [-0.15, -0.1) is 0 Å². The van der Waals surface area contributed by atoms with Crippen LogP contribution in [-0.4, -0.2) is 43.4 Å². The van der Waals surface area contributed by atoms with Crippen LogP contribution in [0.5, 0.6) is 11.5 Å². The number of benzene rings is 1. The summed E-state index contributed by atoms with van der Waals surface area (Å²) in [7, 11) is 0. The first-order valence-electron chi connectivity index (χ1n) is 8.75. The molecule has 0 spiro atoms. The summed E-state index contributed by atoms with van der Waals surface area (Å²) in [6.45, 7) is 4.27. The molecule has 1 aromatic rings. The van der Waals surface area contributed by atoms with Crippen molar-refractivity contribution in [2.45, 2.75) is 50.8 Å². The average molecular weight is 382 g/mol. The second-order valence-electron chi connectivity index (χ2n) is 6.67. The van der Waals surface area contributed by atoms with Gasteiger partial charge in [0.05, 0.1) is 25.9 Å². The Morgan fingerprint density at radius 3 is 2.65 bits per heavy atom. The molecule has 0 unspecified atom stereocenters. The lowest BCUT2D eigenvalue weighted by Gasteiger charge is -2.44. The van der Waals surface area contributed by atoms with Crippen LogP contribution in [-0.2, 0) is 11.3 Å². The van der Waals surface area contributed by atoms with E-state index >= 15 is 0 Å². The summed E-state index contributed by atoms with van der Waals surface area (Å²) in [4.78, 5) is 2.59. The highest BCUT2D eigenvalue weighted by molar-refractivity contribution is 9.10. The van der Waals surface area contributed by atoms with Gasteiger partial charge in [0.2, 0.25) is 0 Å².